The van der Waals surface area contributed by atoms with Gasteiger partial charge in [-0.05, 0) is 42.7 Å². The summed E-state index contributed by atoms with van der Waals surface area (Å²) in [4.78, 5) is 11.4. The van der Waals surface area contributed by atoms with Crippen LogP contribution in [0.25, 0.3) is 11.4 Å². The molecule has 3 aromatic rings. The Morgan fingerprint density at radius 2 is 1.76 bits per heavy atom. The van der Waals surface area contributed by atoms with Crippen molar-refractivity contribution in [2.24, 2.45) is 0 Å². The quantitative estimate of drug-likeness (QED) is 0.598. The van der Waals surface area contributed by atoms with Crippen LogP contribution in [-0.4, -0.2) is 21.4 Å². The Morgan fingerprint density at radius 3 is 2.45 bits per heavy atom. The molecule has 2 heterocycles. The van der Waals surface area contributed by atoms with Crippen molar-refractivity contribution in [2.75, 3.05) is 6.54 Å². The predicted octanol–water partition coefficient (Wildman–Crippen LogP) is 5.34. The van der Waals surface area contributed by atoms with Gasteiger partial charge in [0.25, 0.3) is 0 Å². The lowest BCUT2D eigenvalue weighted by Crippen LogP contribution is -2.31. The molecule has 0 saturated carbocycles. The van der Waals surface area contributed by atoms with Gasteiger partial charge >= 0.3 is 6.18 Å². The lowest BCUT2D eigenvalue weighted by molar-refractivity contribution is -0.137. The van der Waals surface area contributed by atoms with Crippen molar-refractivity contribution in [2.45, 2.75) is 39.5 Å². The van der Waals surface area contributed by atoms with Gasteiger partial charge in [0.05, 0.1) is 11.3 Å². The van der Waals surface area contributed by atoms with Gasteiger partial charge in [0, 0.05) is 43.4 Å². The van der Waals surface area contributed by atoms with Crippen molar-refractivity contribution in [1.82, 2.24) is 14.9 Å². The van der Waals surface area contributed by atoms with E-state index in [9.17, 15) is 13.2 Å². The van der Waals surface area contributed by atoms with E-state index in [-0.39, 0.29) is 0 Å². The number of nitrogens with zero attached hydrogens (tertiary/aromatic N) is 3. The topological polar surface area (TPSA) is 29.0 Å². The van der Waals surface area contributed by atoms with Crippen LogP contribution in [-0.2, 0) is 25.7 Å². The fourth-order valence-electron chi connectivity index (χ4n) is 3.62. The standard InChI is InChI=1S/C23H22F3N3/c1-15-3-4-17(11-16(15)2)13-29-10-9-21-19(14-29)12-27-22(28-21)18-5-7-20(8-6-18)23(24,25)26/h3-8,11-12H,9-10,13-14H2,1-2H3. The van der Waals surface area contributed by atoms with Crippen LogP contribution in [0.15, 0.2) is 48.7 Å². The van der Waals surface area contributed by atoms with E-state index in [0.29, 0.717) is 11.4 Å². The molecular weight excluding hydrogens is 375 g/mol. The molecule has 0 atom stereocenters. The maximum absolute atomic E-state index is 12.7. The summed E-state index contributed by atoms with van der Waals surface area (Å²) < 4.78 is 38.2. The average molecular weight is 397 g/mol. The third-order valence-corrected chi connectivity index (χ3v) is 5.46. The van der Waals surface area contributed by atoms with E-state index in [1.54, 1.807) is 0 Å². The summed E-state index contributed by atoms with van der Waals surface area (Å²) in [6, 6.07) is 11.6. The highest BCUT2D eigenvalue weighted by Crippen LogP contribution is 2.30. The summed E-state index contributed by atoms with van der Waals surface area (Å²) in [6.07, 6.45) is -1.73. The zero-order valence-electron chi connectivity index (χ0n) is 16.4. The molecule has 1 aromatic heterocycles. The molecule has 0 fully saturated rings. The van der Waals surface area contributed by atoms with Crippen molar-refractivity contribution >= 4 is 0 Å². The lowest BCUT2D eigenvalue weighted by Gasteiger charge is -2.28. The van der Waals surface area contributed by atoms with Crippen LogP contribution in [0.5, 0.6) is 0 Å². The molecule has 0 saturated heterocycles. The van der Waals surface area contributed by atoms with Gasteiger partial charge in [-0.1, -0.05) is 30.3 Å². The third kappa shape index (κ3) is 4.32. The normalized spacial score (nSPS) is 14.7. The molecular formula is C23H22F3N3. The summed E-state index contributed by atoms with van der Waals surface area (Å²) in [7, 11) is 0. The molecule has 0 spiro atoms. The molecule has 0 bridgehead atoms. The van der Waals surface area contributed by atoms with E-state index in [4.69, 9.17) is 0 Å². The summed E-state index contributed by atoms with van der Waals surface area (Å²) >= 11 is 0. The van der Waals surface area contributed by atoms with Gasteiger partial charge in [-0.15, -0.1) is 0 Å². The van der Waals surface area contributed by atoms with Crippen molar-refractivity contribution in [3.63, 3.8) is 0 Å². The molecule has 0 amide bonds. The molecule has 2 aromatic carbocycles. The van der Waals surface area contributed by atoms with E-state index in [1.807, 2.05) is 6.20 Å². The van der Waals surface area contributed by atoms with Gasteiger partial charge in [0.2, 0.25) is 0 Å². The Kier molecular flexibility index (Phi) is 5.13. The highest BCUT2D eigenvalue weighted by molar-refractivity contribution is 5.56. The smallest absolute Gasteiger partial charge is 0.294 e. The number of fused-ring (bicyclic) bond motifs is 1. The number of aryl methyl sites for hydroxylation is 2. The first-order valence-electron chi connectivity index (χ1n) is 9.60. The summed E-state index contributed by atoms with van der Waals surface area (Å²) in [5.41, 5.74) is 5.87. The van der Waals surface area contributed by atoms with Crippen LogP contribution in [0.4, 0.5) is 13.2 Å². The second-order valence-corrected chi connectivity index (χ2v) is 7.62. The number of hydrogen-bond donors (Lipinski definition) is 0. The molecule has 4 rings (SSSR count). The summed E-state index contributed by atoms with van der Waals surface area (Å²) in [5.74, 6) is 0.472. The van der Waals surface area contributed by atoms with Gasteiger partial charge in [-0.3, -0.25) is 4.90 Å². The van der Waals surface area contributed by atoms with Gasteiger partial charge < -0.3 is 0 Å². The van der Waals surface area contributed by atoms with Gasteiger partial charge in [0.1, 0.15) is 0 Å². The maximum Gasteiger partial charge on any atom is 0.416 e. The molecule has 0 aliphatic carbocycles. The van der Waals surface area contributed by atoms with Crippen LogP contribution >= 0.6 is 0 Å². The van der Waals surface area contributed by atoms with Crippen LogP contribution in [0.3, 0.4) is 0 Å². The van der Waals surface area contributed by atoms with Crippen molar-refractivity contribution < 1.29 is 13.2 Å². The van der Waals surface area contributed by atoms with E-state index >= 15 is 0 Å². The summed E-state index contributed by atoms with van der Waals surface area (Å²) in [5, 5.41) is 0. The fraction of sp³-hybridized carbons (Fsp3) is 0.304. The molecule has 0 unspecified atom stereocenters. The zero-order chi connectivity index (χ0) is 20.6. The number of halogens is 3. The zero-order valence-corrected chi connectivity index (χ0v) is 16.4. The Hall–Kier alpha value is -2.73. The highest BCUT2D eigenvalue weighted by Gasteiger charge is 2.30. The highest BCUT2D eigenvalue weighted by atomic mass is 19.4. The Balaban J connectivity index is 1.49. The Bertz CT molecular complexity index is 1030. The first-order valence-corrected chi connectivity index (χ1v) is 9.60. The molecule has 0 N–H and O–H groups in total. The molecule has 1 aliphatic rings. The van der Waals surface area contributed by atoms with Crippen LogP contribution in [0.2, 0.25) is 0 Å². The minimum atomic E-state index is -4.34. The van der Waals surface area contributed by atoms with Crippen molar-refractivity contribution in [1.29, 1.82) is 0 Å². The van der Waals surface area contributed by atoms with E-state index in [1.165, 1.54) is 28.8 Å². The Labute approximate surface area is 168 Å². The number of benzene rings is 2. The molecule has 6 heteroatoms. The second kappa shape index (κ2) is 7.59. The molecule has 29 heavy (non-hydrogen) atoms. The van der Waals surface area contributed by atoms with Crippen LogP contribution in [0, 0.1) is 13.8 Å². The number of rotatable bonds is 3. The minimum absolute atomic E-state index is 0.472. The lowest BCUT2D eigenvalue weighted by atomic mass is 10.0. The molecule has 150 valence electrons. The Morgan fingerprint density at radius 1 is 1.00 bits per heavy atom. The monoisotopic (exact) mass is 397 g/mol. The summed E-state index contributed by atoms with van der Waals surface area (Å²) in [6.45, 7) is 6.78. The molecule has 1 aliphatic heterocycles. The van der Waals surface area contributed by atoms with Gasteiger partial charge in [0.15, 0.2) is 5.82 Å². The van der Waals surface area contributed by atoms with Crippen molar-refractivity contribution in [3.05, 3.63) is 82.2 Å². The van der Waals surface area contributed by atoms with Gasteiger partial charge in [-0.25, -0.2) is 9.97 Å². The SMILES string of the molecule is Cc1ccc(CN2CCc3nc(-c4ccc(C(F)(F)F)cc4)ncc3C2)cc1C. The van der Waals surface area contributed by atoms with Crippen molar-refractivity contribution in [3.8, 4) is 11.4 Å². The minimum Gasteiger partial charge on any atom is -0.294 e. The number of alkyl halides is 3. The van der Waals surface area contributed by atoms with E-state index < -0.39 is 11.7 Å². The molecule has 3 nitrogen and oxygen atoms in total. The second-order valence-electron chi connectivity index (χ2n) is 7.62. The molecule has 0 radical (unpaired) electrons. The van der Waals surface area contributed by atoms with Crippen LogP contribution in [0.1, 0.15) is 33.5 Å². The number of hydrogen-bond acceptors (Lipinski definition) is 3. The average Bonchev–Trinajstić information content (AvgIpc) is 2.70. The fourth-order valence-corrected chi connectivity index (χ4v) is 3.62. The van der Waals surface area contributed by atoms with E-state index in [0.717, 1.165) is 49.4 Å². The number of aromatic nitrogens is 2. The first-order chi connectivity index (χ1) is 13.8. The first kappa shape index (κ1) is 19.6. The third-order valence-electron chi connectivity index (χ3n) is 5.46. The van der Waals surface area contributed by atoms with Gasteiger partial charge in [-0.2, -0.15) is 13.2 Å². The largest absolute Gasteiger partial charge is 0.416 e. The van der Waals surface area contributed by atoms with E-state index in [2.05, 4.69) is 46.9 Å². The predicted molar refractivity (Wildman–Crippen MR) is 106 cm³/mol. The maximum atomic E-state index is 12.7. The van der Waals surface area contributed by atoms with Crippen LogP contribution < -0.4 is 0 Å².